The molecule has 2 N–H and O–H groups in total. The normalized spacial score (nSPS) is 13.4. The lowest BCUT2D eigenvalue weighted by molar-refractivity contribution is 0.102. The van der Waals surface area contributed by atoms with E-state index in [1.54, 1.807) is 18.3 Å². The standard InChI is InChI=1S/C22H20F2N4O/c23-19-9-5-16(13-20(19)24)27-22(29)21-10-6-17(14-25-21)26-15-3-7-18(8-4-15)28-11-1-2-12-28/h3-10,13-14,26H,1-2,11-12H2,(H,27,29). The minimum Gasteiger partial charge on any atom is -0.372 e. The van der Waals surface area contributed by atoms with Gasteiger partial charge in [0.05, 0.1) is 11.9 Å². The Bertz CT molecular complexity index is 1000. The van der Waals surface area contributed by atoms with E-state index in [9.17, 15) is 13.6 Å². The number of halogens is 2. The maximum absolute atomic E-state index is 13.3. The van der Waals surface area contributed by atoms with Crippen LogP contribution in [0.25, 0.3) is 0 Å². The summed E-state index contributed by atoms with van der Waals surface area (Å²) in [6.45, 7) is 2.20. The molecule has 7 heteroatoms. The van der Waals surface area contributed by atoms with E-state index in [0.717, 1.165) is 36.6 Å². The summed E-state index contributed by atoms with van der Waals surface area (Å²) in [5, 5.41) is 5.74. The van der Waals surface area contributed by atoms with Gasteiger partial charge in [0.1, 0.15) is 5.69 Å². The Balaban J connectivity index is 1.38. The molecule has 1 aliphatic heterocycles. The lowest BCUT2D eigenvalue weighted by Gasteiger charge is -2.18. The van der Waals surface area contributed by atoms with Gasteiger partial charge in [0.25, 0.3) is 5.91 Å². The fraction of sp³-hybridized carbons (Fsp3) is 0.182. The Kier molecular flexibility index (Phi) is 5.37. The highest BCUT2D eigenvalue weighted by molar-refractivity contribution is 6.02. The molecule has 1 aliphatic rings. The van der Waals surface area contributed by atoms with Gasteiger partial charge in [0, 0.05) is 36.2 Å². The molecule has 0 atom stereocenters. The van der Waals surface area contributed by atoms with Crippen molar-refractivity contribution in [3.05, 3.63) is 78.1 Å². The van der Waals surface area contributed by atoms with E-state index in [4.69, 9.17) is 0 Å². The number of aromatic nitrogens is 1. The van der Waals surface area contributed by atoms with E-state index < -0.39 is 17.5 Å². The fourth-order valence-corrected chi connectivity index (χ4v) is 3.27. The third-order valence-electron chi connectivity index (χ3n) is 4.80. The molecular weight excluding hydrogens is 374 g/mol. The zero-order chi connectivity index (χ0) is 20.2. The van der Waals surface area contributed by atoms with Crippen LogP contribution in [0.15, 0.2) is 60.8 Å². The molecule has 0 aliphatic carbocycles. The van der Waals surface area contributed by atoms with Gasteiger partial charge in [0.15, 0.2) is 11.6 Å². The van der Waals surface area contributed by atoms with Gasteiger partial charge in [-0.3, -0.25) is 4.79 Å². The van der Waals surface area contributed by atoms with Crippen molar-refractivity contribution in [2.75, 3.05) is 28.6 Å². The summed E-state index contributed by atoms with van der Waals surface area (Å²) in [7, 11) is 0. The van der Waals surface area contributed by atoms with E-state index in [-0.39, 0.29) is 11.4 Å². The van der Waals surface area contributed by atoms with Gasteiger partial charge in [-0.25, -0.2) is 13.8 Å². The van der Waals surface area contributed by atoms with Crippen LogP contribution in [0, 0.1) is 11.6 Å². The monoisotopic (exact) mass is 394 g/mol. The molecule has 0 radical (unpaired) electrons. The quantitative estimate of drug-likeness (QED) is 0.643. The van der Waals surface area contributed by atoms with Crippen LogP contribution < -0.4 is 15.5 Å². The number of rotatable bonds is 5. The average Bonchev–Trinajstić information content (AvgIpc) is 3.27. The van der Waals surface area contributed by atoms with E-state index in [0.29, 0.717) is 0 Å². The lowest BCUT2D eigenvalue weighted by atomic mass is 10.2. The number of hydrogen-bond acceptors (Lipinski definition) is 4. The van der Waals surface area contributed by atoms with E-state index in [2.05, 4.69) is 32.7 Å². The minimum absolute atomic E-state index is 0.163. The van der Waals surface area contributed by atoms with Crippen LogP contribution in [0.1, 0.15) is 23.3 Å². The van der Waals surface area contributed by atoms with Crippen molar-refractivity contribution in [1.82, 2.24) is 4.98 Å². The summed E-state index contributed by atoms with van der Waals surface area (Å²) in [5.74, 6) is -2.49. The van der Waals surface area contributed by atoms with Crippen molar-refractivity contribution in [3.63, 3.8) is 0 Å². The first-order chi connectivity index (χ1) is 14.1. The van der Waals surface area contributed by atoms with Gasteiger partial charge in [-0.1, -0.05) is 0 Å². The third-order valence-corrected chi connectivity index (χ3v) is 4.80. The summed E-state index contributed by atoms with van der Waals surface area (Å²) >= 11 is 0. The molecule has 0 bridgehead atoms. The number of benzene rings is 2. The molecule has 29 heavy (non-hydrogen) atoms. The number of nitrogens with one attached hydrogen (secondary N) is 2. The topological polar surface area (TPSA) is 57.3 Å². The first kappa shape index (κ1) is 18.9. The molecule has 3 aromatic rings. The van der Waals surface area contributed by atoms with Crippen molar-refractivity contribution in [2.45, 2.75) is 12.8 Å². The lowest BCUT2D eigenvalue weighted by Crippen LogP contribution is -2.17. The number of pyridine rings is 1. The minimum atomic E-state index is -1.02. The van der Waals surface area contributed by atoms with Gasteiger partial charge >= 0.3 is 0 Å². The highest BCUT2D eigenvalue weighted by atomic mass is 19.2. The van der Waals surface area contributed by atoms with E-state index in [1.807, 2.05) is 12.1 Å². The van der Waals surface area contributed by atoms with Crippen LogP contribution in [0.5, 0.6) is 0 Å². The maximum Gasteiger partial charge on any atom is 0.274 e. The highest BCUT2D eigenvalue weighted by Crippen LogP contribution is 2.24. The number of anilines is 4. The fourth-order valence-electron chi connectivity index (χ4n) is 3.27. The van der Waals surface area contributed by atoms with Gasteiger partial charge in [0.2, 0.25) is 0 Å². The highest BCUT2D eigenvalue weighted by Gasteiger charge is 2.12. The molecule has 1 saturated heterocycles. The molecular formula is C22H20F2N4O. The largest absolute Gasteiger partial charge is 0.372 e. The average molecular weight is 394 g/mol. The molecule has 0 spiro atoms. The number of carbonyl (C=O) groups excluding carboxylic acids is 1. The molecule has 0 saturated carbocycles. The first-order valence-electron chi connectivity index (χ1n) is 9.43. The number of amides is 1. The Morgan fingerprint density at radius 2 is 1.55 bits per heavy atom. The molecule has 1 fully saturated rings. The molecule has 1 amide bonds. The summed E-state index contributed by atoms with van der Waals surface area (Å²) in [5.41, 5.74) is 3.22. The molecule has 4 rings (SSSR count). The summed E-state index contributed by atoms with van der Waals surface area (Å²) in [6.07, 6.45) is 4.03. The van der Waals surface area contributed by atoms with Crippen molar-refractivity contribution >= 4 is 28.7 Å². The van der Waals surface area contributed by atoms with Crippen molar-refractivity contribution < 1.29 is 13.6 Å². The molecule has 5 nitrogen and oxygen atoms in total. The van der Waals surface area contributed by atoms with Crippen LogP contribution in [-0.4, -0.2) is 24.0 Å². The zero-order valence-electron chi connectivity index (χ0n) is 15.7. The molecule has 0 unspecified atom stereocenters. The second kappa shape index (κ2) is 8.26. The summed E-state index contributed by atoms with van der Waals surface area (Å²) in [4.78, 5) is 18.7. The van der Waals surface area contributed by atoms with E-state index in [1.165, 1.54) is 24.6 Å². The summed E-state index contributed by atoms with van der Waals surface area (Å²) < 4.78 is 26.2. The van der Waals surface area contributed by atoms with Gasteiger partial charge < -0.3 is 15.5 Å². The number of hydrogen-bond donors (Lipinski definition) is 2. The van der Waals surface area contributed by atoms with Crippen LogP contribution in [0.3, 0.4) is 0 Å². The van der Waals surface area contributed by atoms with Gasteiger partial charge in [-0.05, 0) is 61.4 Å². The first-order valence-corrected chi connectivity index (χ1v) is 9.43. The Morgan fingerprint density at radius 3 is 2.21 bits per heavy atom. The predicted molar refractivity (Wildman–Crippen MR) is 110 cm³/mol. The van der Waals surface area contributed by atoms with Crippen LogP contribution in [-0.2, 0) is 0 Å². The van der Waals surface area contributed by atoms with Gasteiger partial charge in [-0.15, -0.1) is 0 Å². The Hall–Kier alpha value is -3.48. The molecule has 148 valence electrons. The Morgan fingerprint density at radius 1 is 0.862 bits per heavy atom. The predicted octanol–water partition coefficient (Wildman–Crippen LogP) is 4.96. The SMILES string of the molecule is O=C(Nc1ccc(F)c(F)c1)c1ccc(Nc2ccc(N3CCCC3)cc2)cn1. The van der Waals surface area contributed by atoms with Crippen LogP contribution in [0.2, 0.25) is 0 Å². The zero-order valence-corrected chi connectivity index (χ0v) is 15.7. The second-order valence-corrected chi connectivity index (χ2v) is 6.88. The second-order valence-electron chi connectivity index (χ2n) is 6.88. The van der Waals surface area contributed by atoms with Crippen molar-refractivity contribution in [3.8, 4) is 0 Å². The smallest absolute Gasteiger partial charge is 0.274 e. The summed E-state index contributed by atoms with van der Waals surface area (Å²) in [6, 6.07) is 14.7. The Labute approximate surface area is 167 Å². The number of carbonyl (C=O) groups is 1. The third kappa shape index (κ3) is 4.51. The van der Waals surface area contributed by atoms with Crippen LogP contribution in [0.4, 0.5) is 31.5 Å². The molecule has 2 aromatic carbocycles. The van der Waals surface area contributed by atoms with Crippen LogP contribution >= 0.6 is 0 Å². The molecule has 1 aromatic heterocycles. The maximum atomic E-state index is 13.3. The van der Waals surface area contributed by atoms with Crippen molar-refractivity contribution in [1.29, 1.82) is 0 Å². The van der Waals surface area contributed by atoms with E-state index >= 15 is 0 Å². The van der Waals surface area contributed by atoms with Gasteiger partial charge in [-0.2, -0.15) is 0 Å². The number of nitrogens with zero attached hydrogens (tertiary/aromatic N) is 2. The molecule has 2 heterocycles. The van der Waals surface area contributed by atoms with Crippen molar-refractivity contribution in [2.24, 2.45) is 0 Å².